The molecule has 0 radical (unpaired) electrons. The molecule has 0 unspecified atom stereocenters. The van der Waals surface area contributed by atoms with Gasteiger partial charge in [-0.25, -0.2) is 8.78 Å². The van der Waals surface area contributed by atoms with Crippen LogP contribution in [0.25, 0.3) is 0 Å². The van der Waals surface area contributed by atoms with Gasteiger partial charge >= 0.3 is 0 Å². The maximum atomic E-state index is 13.8. The highest BCUT2D eigenvalue weighted by Crippen LogP contribution is 2.46. The monoisotopic (exact) mass is 272 g/mol. The molecule has 1 fully saturated rings. The number of rotatable bonds is 3. The van der Waals surface area contributed by atoms with Crippen molar-refractivity contribution in [2.45, 2.75) is 24.7 Å². The molecule has 1 saturated carbocycles. The number of Topliss-reactive ketones (excluding diaryl/α,β-unsaturated/α-hetero) is 1. The van der Waals surface area contributed by atoms with Crippen LogP contribution in [-0.2, 0) is 5.41 Å². The van der Waals surface area contributed by atoms with Crippen LogP contribution in [0.15, 0.2) is 48.5 Å². The Morgan fingerprint density at radius 2 is 1.70 bits per heavy atom. The Labute approximate surface area is 116 Å². The SMILES string of the molecule is O=C(c1ccc(F)cc1F)C1(c2ccccc2)CCC1. The predicted octanol–water partition coefficient (Wildman–Crippen LogP) is 4.27. The maximum Gasteiger partial charge on any atom is 0.176 e. The summed E-state index contributed by atoms with van der Waals surface area (Å²) in [6, 6.07) is 12.6. The van der Waals surface area contributed by atoms with E-state index in [9.17, 15) is 13.6 Å². The minimum atomic E-state index is -0.780. The first-order chi connectivity index (χ1) is 9.63. The van der Waals surface area contributed by atoms with E-state index in [1.165, 1.54) is 6.07 Å². The fourth-order valence-electron chi connectivity index (χ4n) is 2.87. The van der Waals surface area contributed by atoms with Crippen molar-refractivity contribution in [3.8, 4) is 0 Å². The van der Waals surface area contributed by atoms with Crippen molar-refractivity contribution in [1.29, 1.82) is 0 Å². The molecule has 0 aromatic heterocycles. The summed E-state index contributed by atoms with van der Waals surface area (Å²) < 4.78 is 26.8. The fourth-order valence-corrected chi connectivity index (χ4v) is 2.87. The molecule has 1 nitrogen and oxygen atoms in total. The Morgan fingerprint density at radius 1 is 1.00 bits per heavy atom. The van der Waals surface area contributed by atoms with Crippen molar-refractivity contribution < 1.29 is 13.6 Å². The highest BCUT2D eigenvalue weighted by molar-refractivity contribution is 6.05. The number of hydrogen-bond acceptors (Lipinski definition) is 1. The number of hydrogen-bond donors (Lipinski definition) is 0. The summed E-state index contributed by atoms with van der Waals surface area (Å²) in [6.07, 6.45) is 2.38. The van der Waals surface area contributed by atoms with E-state index in [1.807, 2.05) is 30.3 Å². The molecule has 2 aromatic rings. The molecule has 0 aliphatic heterocycles. The Hall–Kier alpha value is -2.03. The van der Waals surface area contributed by atoms with Crippen LogP contribution in [0.1, 0.15) is 35.2 Å². The molecule has 20 heavy (non-hydrogen) atoms. The van der Waals surface area contributed by atoms with Crippen LogP contribution in [-0.4, -0.2) is 5.78 Å². The van der Waals surface area contributed by atoms with Gasteiger partial charge in [-0.1, -0.05) is 36.8 Å². The zero-order valence-corrected chi connectivity index (χ0v) is 10.9. The van der Waals surface area contributed by atoms with Gasteiger partial charge in [0.25, 0.3) is 0 Å². The van der Waals surface area contributed by atoms with Crippen molar-refractivity contribution in [3.05, 3.63) is 71.3 Å². The summed E-state index contributed by atoms with van der Waals surface area (Å²) in [5.74, 6) is -1.69. The fraction of sp³-hybridized carbons (Fsp3) is 0.235. The number of carbonyl (C=O) groups excluding carboxylic acids is 1. The summed E-state index contributed by atoms with van der Waals surface area (Å²) in [7, 11) is 0. The maximum absolute atomic E-state index is 13.8. The van der Waals surface area contributed by atoms with Gasteiger partial charge in [0, 0.05) is 6.07 Å². The second-order valence-electron chi connectivity index (χ2n) is 5.25. The van der Waals surface area contributed by atoms with E-state index in [-0.39, 0.29) is 11.3 Å². The zero-order valence-electron chi connectivity index (χ0n) is 10.9. The van der Waals surface area contributed by atoms with Crippen molar-refractivity contribution in [2.75, 3.05) is 0 Å². The predicted molar refractivity (Wildman–Crippen MR) is 72.7 cm³/mol. The first-order valence-corrected chi connectivity index (χ1v) is 6.69. The van der Waals surface area contributed by atoms with E-state index in [2.05, 4.69) is 0 Å². The van der Waals surface area contributed by atoms with Crippen molar-refractivity contribution >= 4 is 5.78 Å². The van der Waals surface area contributed by atoms with Crippen LogP contribution >= 0.6 is 0 Å². The molecule has 2 aromatic carbocycles. The molecule has 0 atom stereocenters. The van der Waals surface area contributed by atoms with E-state index in [1.54, 1.807) is 0 Å². The van der Waals surface area contributed by atoms with Crippen molar-refractivity contribution in [3.63, 3.8) is 0 Å². The van der Waals surface area contributed by atoms with E-state index in [0.717, 1.165) is 24.1 Å². The molecule has 0 spiro atoms. The molecule has 102 valence electrons. The molecule has 0 saturated heterocycles. The normalized spacial score (nSPS) is 16.5. The number of halogens is 2. The minimum Gasteiger partial charge on any atom is -0.293 e. The molecule has 0 amide bonds. The molecule has 1 aliphatic carbocycles. The summed E-state index contributed by atoms with van der Waals surface area (Å²) in [5, 5.41) is 0. The van der Waals surface area contributed by atoms with Crippen LogP contribution in [0.4, 0.5) is 8.78 Å². The quantitative estimate of drug-likeness (QED) is 0.763. The minimum absolute atomic E-state index is 0.0186. The van der Waals surface area contributed by atoms with Crippen molar-refractivity contribution in [2.24, 2.45) is 0 Å². The first kappa shape index (κ1) is 13.0. The summed E-state index contributed by atoms with van der Waals surface area (Å²) in [5.41, 5.74) is 0.259. The smallest absolute Gasteiger partial charge is 0.176 e. The number of benzene rings is 2. The lowest BCUT2D eigenvalue weighted by Gasteiger charge is -2.41. The molecule has 3 rings (SSSR count). The molecule has 0 heterocycles. The van der Waals surface area contributed by atoms with Gasteiger partial charge in [-0.3, -0.25) is 4.79 Å². The third-order valence-corrected chi connectivity index (χ3v) is 4.14. The third kappa shape index (κ3) is 1.94. The first-order valence-electron chi connectivity index (χ1n) is 6.69. The highest BCUT2D eigenvalue weighted by atomic mass is 19.1. The van der Waals surface area contributed by atoms with Gasteiger partial charge < -0.3 is 0 Å². The van der Waals surface area contributed by atoms with E-state index < -0.39 is 17.0 Å². The van der Waals surface area contributed by atoms with Crippen LogP contribution in [0, 0.1) is 11.6 Å². The van der Waals surface area contributed by atoms with Gasteiger partial charge in [-0.05, 0) is 30.5 Å². The number of ketones is 1. The Morgan fingerprint density at radius 3 is 2.25 bits per heavy atom. The van der Waals surface area contributed by atoms with Crippen LogP contribution in [0.5, 0.6) is 0 Å². The van der Waals surface area contributed by atoms with Crippen molar-refractivity contribution in [1.82, 2.24) is 0 Å². The average molecular weight is 272 g/mol. The average Bonchev–Trinajstić information content (AvgIpc) is 2.38. The standard InChI is InChI=1S/C17H14F2O/c18-13-7-8-14(15(19)11-13)16(20)17(9-4-10-17)12-5-2-1-3-6-12/h1-3,5-8,11H,4,9-10H2. The highest BCUT2D eigenvalue weighted by Gasteiger charge is 2.46. The van der Waals surface area contributed by atoms with Crippen LogP contribution in [0.2, 0.25) is 0 Å². The summed E-state index contributed by atoms with van der Waals surface area (Å²) in [4.78, 5) is 12.7. The van der Waals surface area contributed by atoms with E-state index in [0.29, 0.717) is 12.8 Å². The van der Waals surface area contributed by atoms with E-state index in [4.69, 9.17) is 0 Å². The van der Waals surface area contributed by atoms with Gasteiger partial charge in [0.1, 0.15) is 11.6 Å². The molecular weight excluding hydrogens is 258 g/mol. The lowest BCUT2D eigenvalue weighted by molar-refractivity contribution is 0.0784. The summed E-state index contributed by atoms with van der Waals surface area (Å²) in [6.45, 7) is 0. The largest absolute Gasteiger partial charge is 0.293 e. The van der Waals surface area contributed by atoms with Gasteiger partial charge in [-0.2, -0.15) is 0 Å². The lowest BCUT2D eigenvalue weighted by Crippen LogP contribution is -2.42. The second kappa shape index (κ2) is 4.82. The number of carbonyl (C=O) groups is 1. The van der Waals surface area contributed by atoms with Gasteiger partial charge in [0.2, 0.25) is 0 Å². The second-order valence-corrected chi connectivity index (χ2v) is 5.25. The molecule has 0 N–H and O–H groups in total. The Bertz CT molecular complexity index is 645. The summed E-state index contributed by atoms with van der Waals surface area (Å²) >= 11 is 0. The molecule has 3 heteroatoms. The Kier molecular flexibility index (Phi) is 3.13. The molecule has 1 aliphatic rings. The zero-order chi connectivity index (χ0) is 14.2. The van der Waals surface area contributed by atoms with Crippen LogP contribution in [0.3, 0.4) is 0 Å². The van der Waals surface area contributed by atoms with E-state index >= 15 is 0 Å². The Balaban J connectivity index is 2.04. The van der Waals surface area contributed by atoms with Gasteiger partial charge in [0.05, 0.1) is 11.0 Å². The molecular formula is C17H14F2O. The molecule has 0 bridgehead atoms. The van der Waals surface area contributed by atoms with Gasteiger partial charge in [0.15, 0.2) is 5.78 Å². The van der Waals surface area contributed by atoms with Crippen LogP contribution < -0.4 is 0 Å². The third-order valence-electron chi connectivity index (χ3n) is 4.14. The topological polar surface area (TPSA) is 17.1 Å². The lowest BCUT2D eigenvalue weighted by atomic mass is 9.60. The van der Waals surface area contributed by atoms with Gasteiger partial charge in [-0.15, -0.1) is 0 Å².